The summed E-state index contributed by atoms with van der Waals surface area (Å²) in [5, 5.41) is 18.0. The van der Waals surface area contributed by atoms with E-state index in [0.717, 1.165) is 49.2 Å². The summed E-state index contributed by atoms with van der Waals surface area (Å²) in [4.78, 5) is 0. The molecule has 0 spiro atoms. The summed E-state index contributed by atoms with van der Waals surface area (Å²) in [6, 6.07) is 1.32. The summed E-state index contributed by atoms with van der Waals surface area (Å²) in [5.41, 5.74) is 0.790. The van der Waals surface area contributed by atoms with Crippen LogP contribution in [0.3, 0.4) is 0 Å². The zero-order chi connectivity index (χ0) is 19.2. The summed E-state index contributed by atoms with van der Waals surface area (Å²) in [6.07, 6.45) is 12.0. The van der Waals surface area contributed by atoms with Crippen molar-refractivity contribution >= 4 is 0 Å². The zero-order valence-corrected chi connectivity index (χ0v) is 18.3. The van der Waals surface area contributed by atoms with Gasteiger partial charge in [-0.3, -0.25) is 0 Å². The van der Waals surface area contributed by atoms with Crippen molar-refractivity contribution < 1.29 is 5.11 Å². The third kappa shape index (κ3) is 3.51. The van der Waals surface area contributed by atoms with Crippen LogP contribution in [0.15, 0.2) is 0 Å². The zero-order valence-electron chi connectivity index (χ0n) is 18.3. The number of nitrogens with one attached hydrogen (secondary N) is 2. The van der Waals surface area contributed by atoms with Crippen molar-refractivity contribution in [3.8, 4) is 0 Å². The van der Waals surface area contributed by atoms with E-state index in [1.54, 1.807) is 0 Å². The summed E-state index contributed by atoms with van der Waals surface area (Å²) in [7, 11) is 0. The maximum Gasteiger partial charge on any atom is 0.0596 e. The van der Waals surface area contributed by atoms with E-state index in [1.165, 1.54) is 51.4 Å². The van der Waals surface area contributed by atoms with Crippen LogP contribution >= 0.6 is 0 Å². The number of fused-ring (bicyclic) bond motifs is 5. The topological polar surface area (TPSA) is 44.3 Å². The van der Waals surface area contributed by atoms with Crippen LogP contribution in [0.4, 0.5) is 0 Å². The summed E-state index contributed by atoms with van der Waals surface area (Å²) in [6.45, 7) is 11.7. The monoisotopic (exact) mass is 376 g/mol. The predicted octanol–water partition coefficient (Wildman–Crippen LogP) is 4.35. The quantitative estimate of drug-likeness (QED) is 0.625. The fourth-order valence-corrected chi connectivity index (χ4v) is 8.05. The first-order valence-corrected chi connectivity index (χ1v) is 12.0. The molecule has 156 valence electrons. The van der Waals surface area contributed by atoms with Gasteiger partial charge in [0.25, 0.3) is 0 Å². The number of hydrogen-bond donors (Lipinski definition) is 3. The Kier molecular flexibility index (Phi) is 5.68. The average Bonchev–Trinajstić information content (AvgIpc) is 2.94. The molecule has 3 nitrogen and oxygen atoms in total. The van der Waals surface area contributed by atoms with Gasteiger partial charge in [-0.1, -0.05) is 27.7 Å². The van der Waals surface area contributed by atoms with Crippen LogP contribution in [0.2, 0.25) is 0 Å². The Morgan fingerprint density at radius 3 is 2.41 bits per heavy atom. The van der Waals surface area contributed by atoms with Crippen molar-refractivity contribution in [1.82, 2.24) is 10.6 Å². The van der Waals surface area contributed by atoms with E-state index < -0.39 is 0 Å². The van der Waals surface area contributed by atoms with Crippen LogP contribution in [0.5, 0.6) is 0 Å². The minimum absolute atomic E-state index is 0.0339. The van der Waals surface area contributed by atoms with Crippen LogP contribution < -0.4 is 10.6 Å². The second kappa shape index (κ2) is 7.61. The van der Waals surface area contributed by atoms with E-state index >= 15 is 0 Å². The van der Waals surface area contributed by atoms with E-state index in [1.807, 2.05) is 0 Å². The molecule has 0 aromatic heterocycles. The molecular weight excluding hydrogens is 332 g/mol. The second-order valence-corrected chi connectivity index (χ2v) is 11.3. The Morgan fingerprint density at radius 1 is 0.889 bits per heavy atom. The van der Waals surface area contributed by atoms with Crippen LogP contribution in [0.1, 0.15) is 85.5 Å². The molecule has 4 rings (SSSR count). The Hall–Kier alpha value is -0.120. The molecule has 0 bridgehead atoms. The van der Waals surface area contributed by atoms with Crippen molar-refractivity contribution in [2.24, 2.45) is 34.5 Å². The lowest BCUT2D eigenvalue weighted by atomic mass is 9.45. The first-order valence-electron chi connectivity index (χ1n) is 12.0. The van der Waals surface area contributed by atoms with E-state index in [2.05, 4.69) is 38.3 Å². The van der Waals surface area contributed by atoms with Crippen molar-refractivity contribution in [1.29, 1.82) is 0 Å². The molecule has 0 heterocycles. The van der Waals surface area contributed by atoms with Gasteiger partial charge in [-0.05, 0) is 92.3 Å². The van der Waals surface area contributed by atoms with Gasteiger partial charge in [0.2, 0.25) is 0 Å². The van der Waals surface area contributed by atoms with Gasteiger partial charge in [0.15, 0.2) is 0 Å². The van der Waals surface area contributed by atoms with Crippen LogP contribution in [-0.2, 0) is 0 Å². The molecule has 0 aromatic rings. The lowest BCUT2D eigenvalue weighted by Gasteiger charge is -2.61. The van der Waals surface area contributed by atoms with Crippen molar-refractivity contribution in [3.63, 3.8) is 0 Å². The molecular formula is C24H44N2O. The molecule has 5 unspecified atom stereocenters. The van der Waals surface area contributed by atoms with E-state index in [4.69, 9.17) is 0 Å². The summed E-state index contributed by atoms with van der Waals surface area (Å²) >= 11 is 0. The molecule has 27 heavy (non-hydrogen) atoms. The number of rotatable bonds is 5. The average molecular weight is 377 g/mol. The highest BCUT2D eigenvalue weighted by atomic mass is 16.3. The number of aliphatic hydroxyl groups is 1. The molecule has 4 aliphatic rings. The molecule has 0 amide bonds. The Morgan fingerprint density at radius 2 is 1.63 bits per heavy atom. The maximum absolute atomic E-state index is 10.6. The van der Waals surface area contributed by atoms with Crippen molar-refractivity contribution in [2.45, 2.75) is 104 Å². The SMILES string of the molecule is CC(C)NCCNC1CC[C@@]2(C)C(CCC3C2CC[C@@]2(C)C3CC[C@@H]2O)C1. The third-order valence-corrected chi connectivity index (χ3v) is 9.73. The van der Waals surface area contributed by atoms with Crippen LogP contribution in [-0.4, -0.2) is 36.4 Å². The highest BCUT2D eigenvalue weighted by Gasteiger charge is 2.59. The smallest absolute Gasteiger partial charge is 0.0596 e. The number of hydrogen-bond acceptors (Lipinski definition) is 3. The molecule has 4 aliphatic carbocycles. The normalized spacial score (nSPS) is 49.6. The molecule has 8 atom stereocenters. The third-order valence-electron chi connectivity index (χ3n) is 9.73. The highest BCUT2D eigenvalue weighted by Crippen LogP contribution is 2.66. The molecule has 0 saturated heterocycles. The van der Waals surface area contributed by atoms with Gasteiger partial charge in [0.1, 0.15) is 0 Å². The minimum Gasteiger partial charge on any atom is -0.393 e. The fraction of sp³-hybridized carbons (Fsp3) is 1.00. The van der Waals surface area contributed by atoms with Gasteiger partial charge in [-0.2, -0.15) is 0 Å². The lowest BCUT2D eigenvalue weighted by molar-refractivity contribution is -0.123. The van der Waals surface area contributed by atoms with Gasteiger partial charge < -0.3 is 15.7 Å². The maximum atomic E-state index is 10.6. The van der Waals surface area contributed by atoms with Gasteiger partial charge in [0.05, 0.1) is 6.10 Å². The Balaban J connectivity index is 1.38. The van der Waals surface area contributed by atoms with Crippen molar-refractivity contribution in [3.05, 3.63) is 0 Å². The molecule has 4 fully saturated rings. The first kappa shape index (κ1) is 20.2. The second-order valence-electron chi connectivity index (χ2n) is 11.3. The largest absolute Gasteiger partial charge is 0.393 e. The van der Waals surface area contributed by atoms with E-state index in [-0.39, 0.29) is 11.5 Å². The lowest BCUT2D eigenvalue weighted by Crippen LogP contribution is -2.55. The molecule has 4 saturated carbocycles. The van der Waals surface area contributed by atoms with Crippen LogP contribution in [0, 0.1) is 34.5 Å². The van der Waals surface area contributed by atoms with Gasteiger partial charge in [-0.25, -0.2) is 0 Å². The Labute approximate surface area is 167 Å². The van der Waals surface area contributed by atoms with E-state index in [9.17, 15) is 5.11 Å². The van der Waals surface area contributed by atoms with Gasteiger partial charge >= 0.3 is 0 Å². The first-order chi connectivity index (χ1) is 12.8. The fourth-order valence-electron chi connectivity index (χ4n) is 8.05. The molecule has 0 aromatic carbocycles. The summed E-state index contributed by atoms with van der Waals surface area (Å²) in [5.74, 6) is 3.52. The van der Waals surface area contributed by atoms with Crippen molar-refractivity contribution in [2.75, 3.05) is 13.1 Å². The Bertz CT molecular complexity index is 523. The molecule has 3 heteroatoms. The predicted molar refractivity (Wildman–Crippen MR) is 113 cm³/mol. The highest BCUT2D eigenvalue weighted by molar-refractivity contribution is 5.09. The van der Waals surface area contributed by atoms with Gasteiger partial charge in [0, 0.05) is 25.2 Å². The van der Waals surface area contributed by atoms with E-state index in [0.29, 0.717) is 11.5 Å². The molecule has 0 aliphatic heterocycles. The molecule has 3 N–H and O–H groups in total. The summed E-state index contributed by atoms with van der Waals surface area (Å²) < 4.78 is 0. The van der Waals surface area contributed by atoms with Gasteiger partial charge in [-0.15, -0.1) is 0 Å². The number of aliphatic hydroxyl groups excluding tert-OH is 1. The molecule has 0 radical (unpaired) electrons. The minimum atomic E-state index is -0.0339. The standard InChI is InChI=1S/C24H44N2O/c1-16(2)25-13-14-26-18-9-11-23(3)17(15-18)5-6-19-20-7-8-22(27)24(20,4)12-10-21(19)23/h16-22,25-27H,5-15H2,1-4H3/t17?,18?,19?,20?,21?,22-,23-,24-/m0/s1. The van der Waals surface area contributed by atoms with Crippen LogP contribution in [0.25, 0.3) is 0 Å².